The molecule has 0 bridgehead atoms. The second-order valence-electron chi connectivity index (χ2n) is 5.60. The molecular formula is C18H22O3. The maximum atomic E-state index is 11.8. The average Bonchev–Trinajstić information content (AvgIpc) is 2.41. The standard InChI is InChI=1S/C18H22O3/c1-14(21-18(2,3)4)11-12-16(17(19)20-5)13-15-9-7-6-8-10-15/h6-10,13-14H,1-5H3/b16-13-. The molecule has 0 aliphatic heterocycles. The average molecular weight is 286 g/mol. The van der Waals surface area contributed by atoms with E-state index in [1.165, 1.54) is 7.11 Å². The zero-order valence-corrected chi connectivity index (χ0v) is 13.3. The van der Waals surface area contributed by atoms with Crippen LogP contribution in [0.1, 0.15) is 33.3 Å². The summed E-state index contributed by atoms with van der Waals surface area (Å²) in [6.07, 6.45) is 1.44. The summed E-state index contributed by atoms with van der Waals surface area (Å²) in [6, 6.07) is 9.53. The topological polar surface area (TPSA) is 35.5 Å². The third-order valence-corrected chi connectivity index (χ3v) is 2.46. The van der Waals surface area contributed by atoms with Gasteiger partial charge in [-0.1, -0.05) is 42.2 Å². The summed E-state index contributed by atoms with van der Waals surface area (Å²) in [5, 5.41) is 0. The number of carbonyl (C=O) groups excluding carboxylic acids is 1. The van der Waals surface area contributed by atoms with Crippen LogP contribution in [0.4, 0.5) is 0 Å². The first-order valence-electron chi connectivity index (χ1n) is 6.86. The fourth-order valence-corrected chi connectivity index (χ4v) is 1.71. The van der Waals surface area contributed by atoms with Gasteiger partial charge in [-0.15, -0.1) is 0 Å². The lowest BCUT2D eigenvalue weighted by Crippen LogP contribution is -2.24. The minimum atomic E-state index is -0.450. The maximum absolute atomic E-state index is 11.8. The Labute approximate surface area is 127 Å². The van der Waals surface area contributed by atoms with Gasteiger partial charge in [0.15, 0.2) is 0 Å². The Hall–Kier alpha value is -2.05. The van der Waals surface area contributed by atoms with Crippen molar-refractivity contribution in [1.29, 1.82) is 0 Å². The van der Waals surface area contributed by atoms with Crippen molar-refractivity contribution in [3.8, 4) is 11.8 Å². The Morgan fingerprint density at radius 1 is 1.24 bits per heavy atom. The van der Waals surface area contributed by atoms with Crippen LogP contribution in [0.15, 0.2) is 35.9 Å². The third kappa shape index (κ3) is 6.78. The molecule has 1 unspecified atom stereocenters. The summed E-state index contributed by atoms with van der Waals surface area (Å²) in [7, 11) is 1.35. The molecule has 0 aliphatic carbocycles. The molecule has 0 aromatic heterocycles. The van der Waals surface area contributed by atoms with Gasteiger partial charge in [0, 0.05) is 0 Å². The van der Waals surface area contributed by atoms with Gasteiger partial charge in [0.25, 0.3) is 0 Å². The van der Waals surface area contributed by atoms with Crippen molar-refractivity contribution in [1.82, 2.24) is 0 Å². The van der Waals surface area contributed by atoms with Gasteiger partial charge in [-0.25, -0.2) is 4.79 Å². The quantitative estimate of drug-likeness (QED) is 0.485. The van der Waals surface area contributed by atoms with Gasteiger partial charge in [-0.3, -0.25) is 0 Å². The molecule has 0 aliphatic rings. The predicted octanol–water partition coefficient (Wildman–Crippen LogP) is 3.45. The molecule has 3 heteroatoms. The number of rotatable bonds is 3. The van der Waals surface area contributed by atoms with Crippen molar-refractivity contribution in [2.45, 2.75) is 39.4 Å². The summed E-state index contributed by atoms with van der Waals surface area (Å²) in [4.78, 5) is 11.8. The molecule has 0 heterocycles. The van der Waals surface area contributed by atoms with Gasteiger partial charge < -0.3 is 9.47 Å². The van der Waals surface area contributed by atoms with Crippen LogP contribution >= 0.6 is 0 Å². The summed E-state index contributed by atoms with van der Waals surface area (Å²) >= 11 is 0. The zero-order chi connectivity index (χ0) is 15.9. The van der Waals surface area contributed by atoms with E-state index in [1.807, 2.05) is 58.0 Å². The number of hydrogen-bond acceptors (Lipinski definition) is 3. The molecule has 0 saturated carbocycles. The van der Waals surface area contributed by atoms with Gasteiger partial charge in [0.1, 0.15) is 11.7 Å². The molecule has 21 heavy (non-hydrogen) atoms. The fraction of sp³-hybridized carbons (Fsp3) is 0.389. The van der Waals surface area contributed by atoms with Gasteiger partial charge >= 0.3 is 5.97 Å². The molecule has 0 N–H and O–H groups in total. The molecule has 0 radical (unpaired) electrons. The molecule has 0 amide bonds. The molecule has 3 nitrogen and oxygen atoms in total. The van der Waals surface area contributed by atoms with E-state index in [0.717, 1.165) is 5.56 Å². The van der Waals surface area contributed by atoms with Crippen molar-refractivity contribution < 1.29 is 14.3 Å². The maximum Gasteiger partial charge on any atom is 0.346 e. The summed E-state index contributed by atoms with van der Waals surface area (Å²) in [5.41, 5.74) is 0.938. The van der Waals surface area contributed by atoms with E-state index in [-0.39, 0.29) is 11.7 Å². The molecule has 1 aromatic carbocycles. The lowest BCUT2D eigenvalue weighted by Gasteiger charge is -2.21. The Morgan fingerprint density at radius 2 is 1.86 bits per heavy atom. The van der Waals surface area contributed by atoms with Crippen LogP contribution in [0.25, 0.3) is 6.08 Å². The lowest BCUT2D eigenvalue weighted by atomic mass is 10.1. The zero-order valence-electron chi connectivity index (χ0n) is 13.3. The minimum absolute atomic E-state index is 0.270. The SMILES string of the molecule is COC(=O)/C(C#CC(C)OC(C)(C)C)=C\c1ccccc1. The first-order chi connectivity index (χ1) is 9.81. The normalized spacial score (nSPS) is 13.1. The highest BCUT2D eigenvalue weighted by Gasteiger charge is 2.14. The highest BCUT2D eigenvalue weighted by atomic mass is 16.5. The van der Waals surface area contributed by atoms with E-state index in [9.17, 15) is 4.79 Å². The molecule has 1 atom stereocenters. The van der Waals surface area contributed by atoms with Crippen molar-refractivity contribution in [2.24, 2.45) is 0 Å². The number of hydrogen-bond donors (Lipinski definition) is 0. The fourth-order valence-electron chi connectivity index (χ4n) is 1.71. The summed E-state index contributed by atoms with van der Waals surface area (Å²) in [6.45, 7) is 7.75. The second kappa shape index (κ2) is 7.66. The second-order valence-corrected chi connectivity index (χ2v) is 5.60. The Kier molecular flexibility index (Phi) is 6.20. The van der Waals surface area contributed by atoms with Gasteiger partial charge in [0.2, 0.25) is 0 Å². The van der Waals surface area contributed by atoms with Crippen LogP contribution in [0.5, 0.6) is 0 Å². The van der Waals surface area contributed by atoms with Gasteiger partial charge in [0.05, 0.1) is 12.7 Å². The first-order valence-corrected chi connectivity index (χ1v) is 6.86. The lowest BCUT2D eigenvalue weighted by molar-refractivity contribution is -0.135. The van der Waals surface area contributed by atoms with E-state index in [4.69, 9.17) is 9.47 Å². The van der Waals surface area contributed by atoms with Crippen molar-refractivity contribution >= 4 is 12.0 Å². The number of esters is 1. The Bertz CT molecular complexity index is 554. The molecule has 112 valence electrons. The largest absolute Gasteiger partial charge is 0.465 e. The third-order valence-electron chi connectivity index (χ3n) is 2.46. The van der Waals surface area contributed by atoms with Crippen molar-refractivity contribution in [3.63, 3.8) is 0 Å². The van der Waals surface area contributed by atoms with Crippen LogP contribution in [0.3, 0.4) is 0 Å². The number of methoxy groups -OCH3 is 1. The smallest absolute Gasteiger partial charge is 0.346 e. The van der Waals surface area contributed by atoms with Gasteiger partial charge in [-0.2, -0.15) is 0 Å². The minimum Gasteiger partial charge on any atom is -0.465 e. The van der Waals surface area contributed by atoms with Gasteiger partial charge in [-0.05, 0) is 39.3 Å². The van der Waals surface area contributed by atoms with E-state index < -0.39 is 5.97 Å². The molecule has 1 aromatic rings. The highest BCUT2D eigenvalue weighted by Crippen LogP contribution is 2.11. The van der Waals surface area contributed by atoms with Crippen LogP contribution in [-0.4, -0.2) is 24.8 Å². The van der Waals surface area contributed by atoms with Crippen LogP contribution in [-0.2, 0) is 14.3 Å². The molecule has 1 rings (SSSR count). The molecule has 0 spiro atoms. The molecule has 0 fully saturated rings. The summed E-state index contributed by atoms with van der Waals surface area (Å²) < 4.78 is 10.5. The number of benzene rings is 1. The molecule has 0 saturated heterocycles. The van der Waals surface area contributed by atoms with Crippen molar-refractivity contribution in [2.75, 3.05) is 7.11 Å². The molecular weight excluding hydrogens is 264 g/mol. The first kappa shape index (κ1) is 17.0. The number of carbonyl (C=O) groups is 1. The van der Waals surface area contributed by atoms with Crippen molar-refractivity contribution in [3.05, 3.63) is 41.5 Å². The van der Waals surface area contributed by atoms with Crippen LogP contribution < -0.4 is 0 Å². The van der Waals surface area contributed by atoms with E-state index >= 15 is 0 Å². The van der Waals surface area contributed by atoms with E-state index in [0.29, 0.717) is 5.57 Å². The monoisotopic (exact) mass is 286 g/mol. The predicted molar refractivity (Wildman–Crippen MR) is 84.5 cm³/mol. The summed E-state index contributed by atoms with van der Waals surface area (Å²) in [5.74, 6) is 5.34. The number of ether oxygens (including phenoxy) is 2. The van der Waals surface area contributed by atoms with Crippen LogP contribution in [0.2, 0.25) is 0 Å². The highest BCUT2D eigenvalue weighted by molar-refractivity contribution is 5.98. The Balaban J connectivity index is 2.96. The Morgan fingerprint density at radius 3 is 2.38 bits per heavy atom. The van der Waals surface area contributed by atoms with E-state index in [1.54, 1.807) is 6.08 Å². The van der Waals surface area contributed by atoms with Crippen LogP contribution in [0, 0.1) is 11.8 Å². The van der Waals surface area contributed by atoms with E-state index in [2.05, 4.69) is 11.8 Å².